The fourth-order valence-electron chi connectivity index (χ4n) is 1.81. The van der Waals surface area contributed by atoms with Gasteiger partial charge in [0.15, 0.2) is 0 Å². The number of nitrogen functional groups attached to an aromatic ring is 1. The first-order chi connectivity index (χ1) is 10.0. The molecule has 0 bridgehead atoms. The highest BCUT2D eigenvalue weighted by atomic mass is 79.9. The smallest absolute Gasteiger partial charge is 0.337 e. The molecule has 110 valence electrons. The minimum absolute atomic E-state index is 0.330. The fraction of sp³-hybridized carbons (Fsp3) is 0.188. The highest BCUT2D eigenvalue weighted by Crippen LogP contribution is 2.29. The minimum atomic E-state index is -0.330. The second-order valence-corrected chi connectivity index (χ2v) is 6.51. The van der Waals surface area contributed by atoms with Gasteiger partial charge in [-0.1, -0.05) is 22.0 Å². The van der Waals surface area contributed by atoms with Gasteiger partial charge in [-0.25, -0.2) is 4.79 Å². The molecule has 0 aliphatic carbocycles. The van der Waals surface area contributed by atoms with Crippen molar-refractivity contribution in [1.29, 1.82) is 0 Å². The summed E-state index contributed by atoms with van der Waals surface area (Å²) >= 11 is 5.23. The van der Waals surface area contributed by atoms with Crippen molar-refractivity contribution in [2.45, 2.75) is 17.6 Å². The van der Waals surface area contributed by atoms with Gasteiger partial charge in [0.25, 0.3) is 0 Å². The van der Waals surface area contributed by atoms with Gasteiger partial charge in [-0.2, -0.15) is 0 Å². The Labute approximate surface area is 137 Å². The van der Waals surface area contributed by atoms with E-state index in [9.17, 15) is 4.79 Å². The number of esters is 1. The van der Waals surface area contributed by atoms with Gasteiger partial charge in [0.1, 0.15) is 0 Å². The van der Waals surface area contributed by atoms with E-state index in [-0.39, 0.29) is 5.97 Å². The Morgan fingerprint density at radius 3 is 2.67 bits per heavy atom. The van der Waals surface area contributed by atoms with Gasteiger partial charge in [-0.3, -0.25) is 0 Å². The SMILES string of the molecule is COC(=O)c1ccc(CSc2ccc(N)c(C)c2)c(Br)c1. The molecule has 2 rings (SSSR count). The van der Waals surface area contributed by atoms with Gasteiger partial charge < -0.3 is 10.5 Å². The van der Waals surface area contributed by atoms with Crippen molar-refractivity contribution < 1.29 is 9.53 Å². The molecule has 0 fully saturated rings. The molecule has 2 N–H and O–H groups in total. The van der Waals surface area contributed by atoms with Gasteiger partial charge in [-0.15, -0.1) is 11.8 Å². The molecule has 21 heavy (non-hydrogen) atoms. The van der Waals surface area contributed by atoms with E-state index in [1.165, 1.54) is 12.0 Å². The topological polar surface area (TPSA) is 52.3 Å². The van der Waals surface area contributed by atoms with E-state index in [0.717, 1.165) is 27.0 Å². The van der Waals surface area contributed by atoms with Crippen LogP contribution in [0.15, 0.2) is 45.8 Å². The third kappa shape index (κ3) is 4.02. The number of thioether (sulfide) groups is 1. The first kappa shape index (κ1) is 15.9. The Bertz CT molecular complexity index is 673. The number of ether oxygens (including phenoxy) is 1. The summed E-state index contributed by atoms with van der Waals surface area (Å²) in [5.74, 6) is 0.481. The Morgan fingerprint density at radius 2 is 2.05 bits per heavy atom. The van der Waals surface area contributed by atoms with Crippen LogP contribution in [-0.4, -0.2) is 13.1 Å². The first-order valence-corrected chi connectivity index (χ1v) is 8.15. The molecular weight excluding hydrogens is 350 g/mol. The van der Waals surface area contributed by atoms with Crippen LogP contribution < -0.4 is 5.73 Å². The van der Waals surface area contributed by atoms with Crippen molar-refractivity contribution >= 4 is 39.3 Å². The van der Waals surface area contributed by atoms with Crippen LogP contribution in [0.4, 0.5) is 5.69 Å². The van der Waals surface area contributed by atoms with E-state index in [4.69, 9.17) is 10.5 Å². The zero-order valence-corrected chi connectivity index (χ0v) is 14.3. The van der Waals surface area contributed by atoms with Crippen LogP contribution in [0, 0.1) is 6.92 Å². The minimum Gasteiger partial charge on any atom is -0.465 e. The molecule has 2 aromatic rings. The number of hydrogen-bond acceptors (Lipinski definition) is 4. The summed E-state index contributed by atoms with van der Waals surface area (Å²) in [6.07, 6.45) is 0. The van der Waals surface area contributed by atoms with Gasteiger partial charge in [-0.05, 0) is 48.4 Å². The van der Waals surface area contributed by atoms with Crippen LogP contribution in [0.25, 0.3) is 0 Å². The molecule has 0 heterocycles. The maximum atomic E-state index is 11.5. The van der Waals surface area contributed by atoms with E-state index in [1.807, 2.05) is 25.1 Å². The third-order valence-electron chi connectivity index (χ3n) is 3.11. The second-order valence-electron chi connectivity index (χ2n) is 4.60. The molecule has 0 saturated heterocycles. The number of carbonyl (C=O) groups is 1. The molecule has 2 aromatic carbocycles. The van der Waals surface area contributed by atoms with E-state index >= 15 is 0 Å². The van der Waals surface area contributed by atoms with E-state index in [0.29, 0.717) is 5.56 Å². The lowest BCUT2D eigenvalue weighted by atomic mass is 10.1. The summed E-state index contributed by atoms with van der Waals surface area (Å²) in [6.45, 7) is 2.00. The van der Waals surface area contributed by atoms with E-state index in [2.05, 4.69) is 22.0 Å². The van der Waals surface area contributed by atoms with Crippen molar-refractivity contribution in [2.75, 3.05) is 12.8 Å². The summed E-state index contributed by atoms with van der Waals surface area (Å²) < 4.78 is 5.62. The predicted octanol–water partition coefficient (Wildman–Crippen LogP) is 4.42. The molecule has 0 amide bonds. The monoisotopic (exact) mass is 365 g/mol. The number of hydrogen-bond donors (Lipinski definition) is 1. The van der Waals surface area contributed by atoms with E-state index in [1.54, 1.807) is 23.9 Å². The lowest BCUT2D eigenvalue weighted by molar-refractivity contribution is 0.0600. The normalized spacial score (nSPS) is 10.4. The molecule has 0 radical (unpaired) electrons. The number of benzene rings is 2. The van der Waals surface area contributed by atoms with Crippen LogP contribution in [0.5, 0.6) is 0 Å². The molecule has 0 aromatic heterocycles. The fourth-order valence-corrected chi connectivity index (χ4v) is 3.51. The van der Waals surface area contributed by atoms with Crippen molar-refractivity contribution in [3.05, 3.63) is 57.6 Å². The standard InChI is InChI=1S/C16H16BrNO2S/c1-10-7-13(5-6-15(10)18)21-9-12-4-3-11(8-14(12)17)16(19)20-2/h3-8H,9,18H2,1-2H3. The zero-order valence-electron chi connectivity index (χ0n) is 11.9. The summed E-state index contributed by atoms with van der Waals surface area (Å²) in [5.41, 5.74) is 9.38. The highest BCUT2D eigenvalue weighted by molar-refractivity contribution is 9.10. The van der Waals surface area contributed by atoms with Crippen molar-refractivity contribution in [3.8, 4) is 0 Å². The Hall–Kier alpha value is -1.46. The predicted molar refractivity (Wildman–Crippen MR) is 90.6 cm³/mol. The van der Waals surface area contributed by atoms with Gasteiger partial charge >= 0.3 is 5.97 Å². The number of halogens is 1. The summed E-state index contributed by atoms with van der Waals surface area (Å²) in [4.78, 5) is 12.6. The largest absolute Gasteiger partial charge is 0.465 e. The molecule has 3 nitrogen and oxygen atoms in total. The number of aryl methyl sites for hydroxylation is 1. The Kier molecular flexibility index (Phi) is 5.31. The quantitative estimate of drug-likeness (QED) is 0.495. The van der Waals surface area contributed by atoms with E-state index < -0.39 is 0 Å². The average Bonchev–Trinajstić information content (AvgIpc) is 2.48. The van der Waals surface area contributed by atoms with Crippen LogP contribution in [-0.2, 0) is 10.5 Å². The van der Waals surface area contributed by atoms with Crippen molar-refractivity contribution in [1.82, 2.24) is 0 Å². The van der Waals surface area contributed by atoms with Gasteiger partial charge in [0.05, 0.1) is 12.7 Å². The molecule has 0 unspecified atom stereocenters. The number of methoxy groups -OCH3 is 1. The number of carbonyl (C=O) groups excluding carboxylic acids is 1. The molecule has 0 saturated carbocycles. The number of rotatable bonds is 4. The van der Waals surface area contributed by atoms with Crippen LogP contribution in [0.1, 0.15) is 21.5 Å². The zero-order chi connectivity index (χ0) is 15.4. The molecule has 0 aliphatic rings. The van der Waals surface area contributed by atoms with Crippen LogP contribution in [0.3, 0.4) is 0 Å². The number of nitrogens with two attached hydrogens (primary N) is 1. The lowest BCUT2D eigenvalue weighted by Gasteiger charge is -2.08. The molecule has 0 spiro atoms. The maximum Gasteiger partial charge on any atom is 0.337 e. The Balaban J connectivity index is 2.09. The summed E-state index contributed by atoms with van der Waals surface area (Å²) in [7, 11) is 1.38. The van der Waals surface area contributed by atoms with Crippen LogP contribution >= 0.6 is 27.7 Å². The lowest BCUT2D eigenvalue weighted by Crippen LogP contribution is -2.01. The maximum absolute atomic E-state index is 11.5. The number of anilines is 1. The van der Waals surface area contributed by atoms with Gasteiger partial charge in [0.2, 0.25) is 0 Å². The van der Waals surface area contributed by atoms with Crippen molar-refractivity contribution in [3.63, 3.8) is 0 Å². The highest BCUT2D eigenvalue weighted by Gasteiger charge is 2.09. The first-order valence-electron chi connectivity index (χ1n) is 6.37. The molecular formula is C16H16BrNO2S. The summed E-state index contributed by atoms with van der Waals surface area (Å²) in [5, 5.41) is 0. The molecule has 5 heteroatoms. The molecule has 0 aliphatic heterocycles. The average molecular weight is 366 g/mol. The summed E-state index contributed by atoms with van der Waals surface area (Å²) in [6, 6.07) is 11.5. The third-order valence-corrected chi connectivity index (χ3v) is 4.89. The Morgan fingerprint density at radius 1 is 1.29 bits per heavy atom. The van der Waals surface area contributed by atoms with Crippen molar-refractivity contribution in [2.24, 2.45) is 0 Å². The van der Waals surface area contributed by atoms with Crippen LogP contribution in [0.2, 0.25) is 0 Å². The van der Waals surface area contributed by atoms with Gasteiger partial charge in [0, 0.05) is 20.8 Å². The second kappa shape index (κ2) is 7.00. The molecule has 0 atom stereocenters.